The Labute approximate surface area is 68.9 Å². The first-order valence-corrected chi connectivity index (χ1v) is 3.48. The molecule has 0 aliphatic rings. The van der Waals surface area contributed by atoms with Crippen molar-refractivity contribution < 1.29 is 14.2 Å². The van der Waals surface area contributed by atoms with Gasteiger partial charge in [0.25, 0.3) is 0 Å². The Balaban J connectivity index is 2.68. The van der Waals surface area contributed by atoms with Crippen molar-refractivity contribution in [3.05, 3.63) is 29.7 Å². The van der Waals surface area contributed by atoms with Crippen molar-refractivity contribution >= 4 is 24.1 Å². The van der Waals surface area contributed by atoms with Gasteiger partial charge in [-0.1, -0.05) is 0 Å². The van der Waals surface area contributed by atoms with Crippen LogP contribution in [0.25, 0.3) is 11.0 Å². The molecule has 0 radical (unpaired) electrons. The van der Waals surface area contributed by atoms with Crippen molar-refractivity contribution in [2.75, 3.05) is 0 Å². The summed E-state index contributed by atoms with van der Waals surface area (Å²) in [6.07, 6.45) is 0. The zero-order valence-electron chi connectivity index (χ0n) is 6.15. The van der Waals surface area contributed by atoms with E-state index in [4.69, 9.17) is 9.44 Å². The standard InChI is InChI=1S/C8H5BO3/c10-8(11)5-1-2-7-6(3-5)4-9-12-7/h1-4H,(H,10,11). The fraction of sp³-hybridized carbons (Fsp3) is 0. The van der Waals surface area contributed by atoms with Crippen LogP contribution >= 0.6 is 0 Å². The number of hydrogen-bond donors (Lipinski definition) is 1. The van der Waals surface area contributed by atoms with Gasteiger partial charge < -0.3 is 0 Å². The van der Waals surface area contributed by atoms with Crippen LogP contribution in [0.15, 0.2) is 28.5 Å². The second-order valence-electron chi connectivity index (χ2n) is 2.48. The third-order valence-corrected chi connectivity index (χ3v) is 1.70. The van der Waals surface area contributed by atoms with Crippen molar-refractivity contribution in [3.63, 3.8) is 0 Å². The third kappa shape index (κ3) is 1.01. The van der Waals surface area contributed by atoms with Gasteiger partial charge in [0.05, 0.1) is 0 Å². The summed E-state index contributed by atoms with van der Waals surface area (Å²) < 4.78 is 5.06. The van der Waals surface area contributed by atoms with Gasteiger partial charge in [-0.3, -0.25) is 0 Å². The molecule has 1 heterocycles. The Morgan fingerprint density at radius 3 is 3.08 bits per heavy atom. The average Bonchev–Trinajstić information content (AvgIpc) is 2.49. The van der Waals surface area contributed by atoms with Gasteiger partial charge in [0.2, 0.25) is 0 Å². The van der Waals surface area contributed by atoms with E-state index in [2.05, 4.69) is 0 Å². The minimum atomic E-state index is -0.918. The molecule has 0 saturated heterocycles. The van der Waals surface area contributed by atoms with Crippen LogP contribution in [0.3, 0.4) is 0 Å². The number of carboxylic acids is 1. The van der Waals surface area contributed by atoms with Crippen LogP contribution in [0.5, 0.6) is 0 Å². The number of carbonyl (C=O) groups is 1. The molecule has 0 unspecified atom stereocenters. The molecule has 1 N–H and O–H groups in total. The van der Waals surface area contributed by atoms with E-state index in [0.29, 0.717) is 5.58 Å². The number of benzene rings is 1. The van der Waals surface area contributed by atoms with Crippen LogP contribution in [-0.2, 0) is 0 Å². The molecule has 0 aliphatic carbocycles. The number of fused-ring (bicyclic) bond motifs is 1. The van der Waals surface area contributed by atoms with Gasteiger partial charge in [-0.05, 0) is 0 Å². The summed E-state index contributed by atoms with van der Waals surface area (Å²) in [6, 6.07) is 4.76. The van der Waals surface area contributed by atoms with Crippen molar-refractivity contribution in [2.24, 2.45) is 0 Å². The molecule has 0 amide bonds. The van der Waals surface area contributed by atoms with Crippen LogP contribution in [-0.4, -0.2) is 18.2 Å². The number of rotatable bonds is 1. The van der Waals surface area contributed by atoms with E-state index < -0.39 is 5.97 Å². The van der Waals surface area contributed by atoms with Gasteiger partial charge in [-0.25, -0.2) is 0 Å². The van der Waals surface area contributed by atoms with Gasteiger partial charge >= 0.3 is 68.0 Å². The van der Waals surface area contributed by atoms with E-state index >= 15 is 0 Å². The summed E-state index contributed by atoms with van der Waals surface area (Å²) in [5.41, 5.74) is 0.990. The molecule has 0 aliphatic heterocycles. The molecule has 1 aromatic carbocycles. The molecule has 0 fully saturated rings. The van der Waals surface area contributed by atoms with Crippen LogP contribution in [0.4, 0.5) is 0 Å². The van der Waals surface area contributed by atoms with E-state index in [1.165, 1.54) is 13.2 Å². The van der Waals surface area contributed by atoms with Crippen molar-refractivity contribution in [3.8, 4) is 0 Å². The van der Waals surface area contributed by atoms with Crippen LogP contribution in [0, 0.1) is 0 Å². The minimum absolute atomic E-state index is 0.281. The van der Waals surface area contributed by atoms with E-state index in [1.807, 2.05) is 0 Å². The average molecular weight is 160 g/mol. The Bertz CT molecular complexity index is 433. The Morgan fingerprint density at radius 2 is 2.33 bits per heavy atom. The molecule has 1 aromatic heterocycles. The SMILES string of the molecule is O=C(O)c1ccc2obcc2c1. The molecular weight excluding hydrogens is 155 g/mol. The molecule has 0 atom stereocenters. The second-order valence-corrected chi connectivity index (χ2v) is 2.48. The normalized spacial score (nSPS) is 10.0. The zero-order valence-corrected chi connectivity index (χ0v) is 6.15. The molecule has 2 rings (SSSR count). The summed E-state index contributed by atoms with van der Waals surface area (Å²) in [7, 11) is 1.54. The van der Waals surface area contributed by atoms with E-state index in [9.17, 15) is 4.79 Å². The first-order chi connectivity index (χ1) is 5.77. The second kappa shape index (κ2) is 2.48. The zero-order chi connectivity index (χ0) is 8.55. The molecule has 4 heteroatoms. The summed E-state index contributed by atoms with van der Waals surface area (Å²) >= 11 is 0. The Morgan fingerprint density at radius 1 is 1.50 bits per heavy atom. The summed E-state index contributed by atoms with van der Waals surface area (Å²) in [5.74, 6) is 0.819. The predicted octanol–water partition coefficient (Wildman–Crippen LogP) is 1.47. The Hall–Kier alpha value is -1.58. The summed E-state index contributed by atoms with van der Waals surface area (Å²) in [4.78, 5) is 10.5. The Kier molecular flexibility index (Phi) is 1.47. The topological polar surface area (TPSA) is 50.4 Å². The molecule has 0 bridgehead atoms. The predicted molar refractivity (Wildman–Crippen MR) is 44.5 cm³/mol. The molecule has 12 heavy (non-hydrogen) atoms. The number of hydrogen-bond acceptors (Lipinski definition) is 2. The van der Waals surface area contributed by atoms with Gasteiger partial charge in [0.1, 0.15) is 0 Å². The first kappa shape index (κ1) is 7.09. The quantitative estimate of drug-likeness (QED) is 0.686. The van der Waals surface area contributed by atoms with Crippen molar-refractivity contribution in [2.45, 2.75) is 0 Å². The summed E-state index contributed by atoms with van der Waals surface area (Å²) in [5, 5.41) is 9.47. The summed E-state index contributed by atoms with van der Waals surface area (Å²) in [6.45, 7) is 0. The van der Waals surface area contributed by atoms with Gasteiger partial charge in [-0.2, -0.15) is 0 Å². The van der Waals surface area contributed by atoms with Gasteiger partial charge in [0.15, 0.2) is 0 Å². The van der Waals surface area contributed by atoms with Crippen molar-refractivity contribution in [1.29, 1.82) is 0 Å². The maximum atomic E-state index is 10.5. The van der Waals surface area contributed by atoms with Crippen LogP contribution < -0.4 is 0 Å². The third-order valence-electron chi connectivity index (χ3n) is 1.70. The maximum absolute atomic E-state index is 10.5. The van der Waals surface area contributed by atoms with E-state index in [0.717, 1.165) is 5.39 Å². The molecule has 3 nitrogen and oxygen atoms in total. The van der Waals surface area contributed by atoms with Gasteiger partial charge in [0, 0.05) is 0 Å². The van der Waals surface area contributed by atoms with E-state index in [1.54, 1.807) is 18.1 Å². The molecule has 0 saturated carbocycles. The molecule has 58 valence electrons. The van der Waals surface area contributed by atoms with Gasteiger partial charge in [-0.15, -0.1) is 0 Å². The first-order valence-electron chi connectivity index (χ1n) is 3.48. The fourth-order valence-corrected chi connectivity index (χ4v) is 1.10. The molecular formula is C8H5BO3. The number of carboxylic acid groups (broad SMARTS) is 1. The molecule has 0 spiro atoms. The number of aromatic carboxylic acids is 1. The van der Waals surface area contributed by atoms with Crippen LogP contribution in [0.1, 0.15) is 10.4 Å². The monoisotopic (exact) mass is 160 g/mol. The van der Waals surface area contributed by atoms with Crippen molar-refractivity contribution in [1.82, 2.24) is 0 Å². The van der Waals surface area contributed by atoms with E-state index in [-0.39, 0.29) is 5.56 Å². The molecule has 2 aromatic rings. The fourth-order valence-electron chi connectivity index (χ4n) is 1.10. The van der Waals surface area contributed by atoms with Crippen LogP contribution in [0.2, 0.25) is 0 Å².